The van der Waals surface area contributed by atoms with Crippen molar-refractivity contribution < 1.29 is 0 Å². The van der Waals surface area contributed by atoms with Gasteiger partial charge in [0.2, 0.25) is 0 Å². The third-order valence-corrected chi connectivity index (χ3v) is 3.65. The molecule has 0 amide bonds. The number of rotatable bonds is 6. The molecule has 0 fully saturated rings. The maximum atomic E-state index is 4.68. The van der Waals surface area contributed by atoms with Crippen LogP contribution in [-0.2, 0) is 13.1 Å². The minimum absolute atomic E-state index is 0.666. The monoisotopic (exact) mass is 286 g/mol. The lowest BCUT2D eigenvalue weighted by molar-refractivity contribution is 0.550. The molecule has 2 rings (SSSR count). The Morgan fingerprint density at radius 2 is 1.95 bits per heavy atom. The molecule has 0 bridgehead atoms. The van der Waals surface area contributed by atoms with Crippen molar-refractivity contribution in [1.29, 1.82) is 0 Å². The van der Waals surface area contributed by atoms with Crippen molar-refractivity contribution >= 4 is 0 Å². The summed E-state index contributed by atoms with van der Waals surface area (Å²) >= 11 is 0. The van der Waals surface area contributed by atoms with Crippen LogP contribution in [0.3, 0.4) is 0 Å². The quantitative estimate of drug-likeness (QED) is 0.887. The van der Waals surface area contributed by atoms with E-state index in [1.807, 2.05) is 12.4 Å². The molecule has 0 aliphatic rings. The minimum Gasteiger partial charge on any atom is -0.312 e. The Bertz CT molecular complexity index is 599. The van der Waals surface area contributed by atoms with Gasteiger partial charge in [-0.2, -0.15) is 5.10 Å². The summed E-state index contributed by atoms with van der Waals surface area (Å²) < 4.78 is 2.08. The number of pyridine rings is 1. The second-order valence-electron chi connectivity index (χ2n) is 6.20. The molecule has 2 aromatic heterocycles. The number of nitrogens with zero attached hydrogens (tertiary/aromatic N) is 3. The summed E-state index contributed by atoms with van der Waals surface area (Å²) in [6, 6.07) is 2.17. The fraction of sp³-hybridized carbons (Fsp3) is 0.529. The summed E-state index contributed by atoms with van der Waals surface area (Å²) in [6.07, 6.45) is 3.80. The van der Waals surface area contributed by atoms with Crippen molar-refractivity contribution in [3.8, 4) is 0 Å². The zero-order chi connectivity index (χ0) is 15.4. The van der Waals surface area contributed by atoms with Gasteiger partial charge < -0.3 is 5.32 Å². The van der Waals surface area contributed by atoms with Crippen LogP contribution in [0.2, 0.25) is 0 Å². The van der Waals surface area contributed by atoms with Crippen molar-refractivity contribution in [2.45, 2.75) is 47.7 Å². The van der Waals surface area contributed by atoms with Gasteiger partial charge in [-0.15, -0.1) is 0 Å². The third kappa shape index (κ3) is 4.14. The van der Waals surface area contributed by atoms with E-state index >= 15 is 0 Å². The molecular formula is C17H26N4. The van der Waals surface area contributed by atoms with Gasteiger partial charge in [0, 0.05) is 30.2 Å². The molecule has 2 aromatic rings. The van der Waals surface area contributed by atoms with Crippen LogP contribution in [0.15, 0.2) is 18.5 Å². The fourth-order valence-corrected chi connectivity index (χ4v) is 2.51. The largest absolute Gasteiger partial charge is 0.312 e. The zero-order valence-corrected chi connectivity index (χ0v) is 13.8. The van der Waals surface area contributed by atoms with E-state index in [1.54, 1.807) is 0 Å². The van der Waals surface area contributed by atoms with Crippen LogP contribution in [0.25, 0.3) is 0 Å². The van der Waals surface area contributed by atoms with Crippen LogP contribution < -0.4 is 5.32 Å². The smallest absolute Gasteiger partial charge is 0.0677 e. The summed E-state index contributed by atoms with van der Waals surface area (Å²) in [7, 11) is 0. The summed E-state index contributed by atoms with van der Waals surface area (Å²) in [5.41, 5.74) is 6.06. The van der Waals surface area contributed by atoms with Crippen LogP contribution in [0.4, 0.5) is 0 Å². The molecule has 0 saturated heterocycles. The van der Waals surface area contributed by atoms with Crippen molar-refractivity contribution in [2.75, 3.05) is 6.54 Å². The Morgan fingerprint density at radius 1 is 1.19 bits per heavy atom. The second kappa shape index (κ2) is 6.85. The van der Waals surface area contributed by atoms with E-state index in [1.165, 1.54) is 22.4 Å². The van der Waals surface area contributed by atoms with Crippen LogP contribution >= 0.6 is 0 Å². The highest BCUT2D eigenvalue weighted by atomic mass is 15.3. The Morgan fingerprint density at radius 3 is 2.62 bits per heavy atom. The number of hydrogen-bond donors (Lipinski definition) is 1. The van der Waals surface area contributed by atoms with Gasteiger partial charge in [0.05, 0.1) is 12.2 Å². The molecule has 0 radical (unpaired) electrons. The molecule has 0 atom stereocenters. The highest BCUT2D eigenvalue weighted by molar-refractivity contribution is 5.26. The first-order valence-corrected chi connectivity index (χ1v) is 7.61. The average Bonchev–Trinajstić information content (AvgIpc) is 2.66. The molecule has 2 heterocycles. The van der Waals surface area contributed by atoms with Gasteiger partial charge in [-0.25, -0.2) is 0 Å². The molecule has 1 N–H and O–H groups in total. The lowest BCUT2D eigenvalue weighted by Crippen LogP contribution is -2.19. The van der Waals surface area contributed by atoms with Gasteiger partial charge >= 0.3 is 0 Å². The Balaban J connectivity index is 2.11. The van der Waals surface area contributed by atoms with Crippen molar-refractivity contribution in [1.82, 2.24) is 20.1 Å². The molecule has 0 saturated carbocycles. The Labute approximate surface area is 127 Å². The maximum Gasteiger partial charge on any atom is 0.0677 e. The average molecular weight is 286 g/mol. The molecule has 0 aromatic carbocycles. The third-order valence-electron chi connectivity index (χ3n) is 3.65. The summed E-state index contributed by atoms with van der Waals surface area (Å²) in [5.74, 6) is 0.666. The van der Waals surface area contributed by atoms with E-state index in [-0.39, 0.29) is 0 Å². The number of hydrogen-bond acceptors (Lipinski definition) is 3. The van der Waals surface area contributed by atoms with Gasteiger partial charge in [0.15, 0.2) is 0 Å². The van der Waals surface area contributed by atoms with Gasteiger partial charge in [-0.05, 0) is 44.4 Å². The van der Waals surface area contributed by atoms with E-state index < -0.39 is 0 Å². The molecule has 21 heavy (non-hydrogen) atoms. The first kappa shape index (κ1) is 15.7. The number of aryl methyl sites for hydroxylation is 2. The molecular weight excluding hydrogens is 260 g/mol. The Kier molecular flexibility index (Phi) is 5.12. The minimum atomic E-state index is 0.666. The second-order valence-corrected chi connectivity index (χ2v) is 6.20. The lowest BCUT2D eigenvalue weighted by atomic mass is 10.1. The topological polar surface area (TPSA) is 42.7 Å². The standard InChI is InChI=1S/C17H26N4/c1-12(2)7-18-10-17-14(4)20-21(15(17)5)11-16-6-13(3)8-19-9-16/h6,8-9,12,18H,7,10-11H2,1-5H3. The van der Waals surface area contributed by atoms with E-state index in [9.17, 15) is 0 Å². The maximum absolute atomic E-state index is 4.68. The first-order chi connectivity index (χ1) is 9.97. The SMILES string of the molecule is Cc1cncc(Cn2nc(C)c(CNCC(C)C)c2C)c1. The van der Waals surface area contributed by atoms with Gasteiger partial charge in [0.1, 0.15) is 0 Å². The highest BCUT2D eigenvalue weighted by Crippen LogP contribution is 2.15. The predicted octanol–water partition coefficient (Wildman–Crippen LogP) is 3.00. The first-order valence-electron chi connectivity index (χ1n) is 7.61. The van der Waals surface area contributed by atoms with Crippen LogP contribution in [0.5, 0.6) is 0 Å². The lowest BCUT2D eigenvalue weighted by Gasteiger charge is -2.09. The van der Waals surface area contributed by atoms with E-state index in [0.717, 1.165) is 25.3 Å². The summed E-state index contributed by atoms with van der Waals surface area (Å²) in [4.78, 5) is 4.25. The summed E-state index contributed by atoms with van der Waals surface area (Å²) in [5, 5.41) is 8.19. The number of nitrogens with one attached hydrogen (secondary N) is 1. The van der Waals surface area contributed by atoms with E-state index in [4.69, 9.17) is 0 Å². The molecule has 0 unspecified atom stereocenters. The fourth-order valence-electron chi connectivity index (χ4n) is 2.51. The zero-order valence-electron chi connectivity index (χ0n) is 13.8. The van der Waals surface area contributed by atoms with Crippen molar-refractivity contribution in [3.63, 3.8) is 0 Å². The Hall–Kier alpha value is -1.68. The molecule has 0 spiro atoms. The molecule has 114 valence electrons. The van der Waals surface area contributed by atoms with Crippen LogP contribution in [0, 0.1) is 26.7 Å². The van der Waals surface area contributed by atoms with E-state index in [0.29, 0.717) is 5.92 Å². The van der Waals surface area contributed by atoms with Gasteiger partial charge in [-0.1, -0.05) is 19.9 Å². The van der Waals surface area contributed by atoms with Crippen molar-refractivity contribution in [3.05, 3.63) is 46.5 Å². The predicted molar refractivity (Wildman–Crippen MR) is 86.3 cm³/mol. The highest BCUT2D eigenvalue weighted by Gasteiger charge is 2.11. The molecule has 4 nitrogen and oxygen atoms in total. The van der Waals surface area contributed by atoms with E-state index in [2.05, 4.69) is 60.8 Å². The van der Waals surface area contributed by atoms with Gasteiger partial charge in [-0.3, -0.25) is 9.67 Å². The number of aromatic nitrogens is 3. The summed E-state index contributed by atoms with van der Waals surface area (Å²) in [6.45, 7) is 13.5. The molecule has 0 aliphatic heterocycles. The van der Waals surface area contributed by atoms with Crippen LogP contribution in [0.1, 0.15) is 41.9 Å². The molecule has 0 aliphatic carbocycles. The molecule has 4 heteroatoms. The van der Waals surface area contributed by atoms with Crippen molar-refractivity contribution in [2.24, 2.45) is 5.92 Å². The van der Waals surface area contributed by atoms with Crippen LogP contribution in [-0.4, -0.2) is 21.3 Å². The van der Waals surface area contributed by atoms with Gasteiger partial charge in [0.25, 0.3) is 0 Å². The normalized spacial score (nSPS) is 11.3.